The molecule has 0 atom stereocenters. The van der Waals surface area contributed by atoms with Crippen LogP contribution in [0.25, 0.3) is 0 Å². The number of aliphatic hydroxyl groups is 1. The van der Waals surface area contributed by atoms with Crippen LogP contribution in [0.15, 0.2) is 18.2 Å². The number of carbonyl (C=O) groups excluding carboxylic acids is 1. The Kier molecular flexibility index (Phi) is 5.80. The van der Waals surface area contributed by atoms with Gasteiger partial charge in [0, 0.05) is 13.0 Å². The van der Waals surface area contributed by atoms with Gasteiger partial charge in [-0.05, 0) is 24.1 Å². The molecule has 1 amide bonds. The zero-order valence-corrected chi connectivity index (χ0v) is 10.5. The van der Waals surface area contributed by atoms with E-state index in [9.17, 15) is 4.79 Å². The first-order valence-corrected chi connectivity index (χ1v) is 5.75. The molecule has 4 nitrogen and oxygen atoms in total. The third kappa shape index (κ3) is 4.63. The minimum atomic E-state index is -0.146. The molecule has 0 spiro atoms. The van der Waals surface area contributed by atoms with Crippen molar-refractivity contribution in [1.29, 1.82) is 0 Å². The van der Waals surface area contributed by atoms with Crippen LogP contribution in [0.1, 0.15) is 12.0 Å². The highest BCUT2D eigenvalue weighted by Gasteiger charge is 2.03. The standard InChI is InChI=1S/C12H16ClNO3/c1-17-11-3-2-9(8-10(11)13)4-6-14-12(16)5-7-15/h2-3,8,15H,4-7H2,1H3,(H,14,16). The van der Waals surface area contributed by atoms with Gasteiger partial charge in [-0.2, -0.15) is 0 Å². The van der Waals surface area contributed by atoms with Gasteiger partial charge in [0.25, 0.3) is 0 Å². The fourth-order valence-corrected chi connectivity index (χ4v) is 1.68. The van der Waals surface area contributed by atoms with Crippen molar-refractivity contribution < 1.29 is 14.6 Å². The van der Waals surface area contributed by atoms with Crippen LogP contribution in [0.4, 0.5) is 0 Å². The minimum absolute atomic E-state index is 0.125. The number of amides is 1. The van der Waals surface area contributed by atoms with E-state index in [1.807, 2.05) is 12.1 Å². The summed E-state index contributed by atoms with van der Waals surface area (Å²) in [7, 11) is 1.57. The number of ether oxygens (including phenoxy) is 1. The molecular formula is C12H16ClNO3. The van der Waals surface area contributed by atoms with Crippen molar-refractivity contribution in [2.24, 2.45) is 0 Å². The number of carbonyl (C=O) groups is 1. The molecule has 5 heteroatoms. The van der Waals surface area contributed by atoms with Gasteiger partial charge in [-0.1, -0.05) is 17.7 Å². The summed E-state index contributed by atoms with van der Waals surface area (Å²) in [5.74, 6) is 0.492. The predicted molar refractivity (Wildman–Crippen MR) is 66.4 cm³/mol. The van der Waals surface area contributed by atoms with E-state index in [2.05, 4.69) is 5.32 Å². The molecule has 1 aromatic rings. The number of benzene rings is 1. The molecule has 0 radical (unpaired) electrons. The number of hydrogen-bond donors (Lipinski definition) is 2. The minimum Gasteiger partial charge on any atom is -0.495 e. The Hall–Kier alpha value is -1.26. The smallest absolute Gasteiger partial charge is 0.222 e. The zero-order valence-electron chi connectivity index (χ0n) is 9.70. The second-order valence-electron chi connectivity index (χ2n) is 3.54. The Morgan fingerprint density at radius 3 is 2.88 bits per heavy atom. The molecule has 1 rings (SSSR count). The van der Waals surface area contributed by atoms with Crippen LogP contribution in [0.5, 0.6) is 5.75 Å². The number of rotatable bonds is 6. The van der Waals surface area contributed by atoms with Crippen molar-refractivity contribution >= 4 is 17.5 Å². The summed E-state index contributed by atoms with van der Waals surface area (Å²) in [4.78, 5) is 11.1. The maximum Gasteiger partial charge on any atom is 0.222 e. The first kappa shape index (κ1) is 13.8. The summed E-state index contributed by atoms with van der Waals surface area (Å²) in [6.07, 6.45) is 0.838. The van der Waals surface area contributed by atoms with Gasteiger partial charge < -0.3 is 15.2 Å². The second-order valence-corrected chi connectivity index (χ2v) is 3.95. The molecule has 0 aromatic heterocycles. The Labute approximate surface area is 106 Å². The van der Waals surface area contributed by atoms with Crippen molar-refractivity contribution in [1.82, 2.24) is 5.32 Å². The van der Waals surface area contributed by atoms with E-state index in [1.54, 1.807) is 13.2 Å². The van der Waals surface area contributed by atoms with E-state index < -0.39 is 0 Å². The molecule has 0 bridgehead atoms. The van der Waals surface area contributed by atoms with Crippen molar-refractivity contribution in [3.05, 3.63) is 28.8 Å². The highest BCUT2D eigenvalue weighted by atomic mass is 35.5. The first-order chi connectivity index (χ1) is 8.17. The van der Waals surface area contributed by atoms with Gasteiger partial charge in [-0.25, -0.2) is 0 Å². The number of halogens is 1. The number of hydrogen-bond acceptors (Lipinski definition) is 3. The van der Waals surface area contributed by atoms with E-state index in [-0.39, 0.29) is 18.9 Å². The summed E-state index contributed by atoms with van der Waals surface area (Å²) >= 11 is 5.98. The van der Waals surface area contributed by atoms with Crippen LogP contribution in [0.2, 0.25) is 5.02 Å². The van der Waals surface area contributed by atoms with E-state index >= 15 is 0 Å². The molecule has 0 aliphatic heterocycles. The highest BCUT2D eigenvalue weighted by Crippen LogP contribution is 2.24. The highest BCUT2D eigenvalue weighted by molar-refractivity contribution is 6.32. The average Bonchev–Trinajstić information content (AvgIpc) is 2.29. The molecule has 0 saturated heterocycles. The van der Waals surface area contributed by atoms with E-state index in [0.717, 1.165) is 5.56 Å². The lowest BCUT2D eigenvalue weighted by Gasteiger charge is -2.07. The van der Waals surface area contributed by atoms with Crippen LogP contribution in [0, 0.1) is 0 Å². The molecule has 0 heterocycles. The summed E-state index contributed by atoms with van der Waals surface area (Å²) in [6, 6.07) is 5.52. The van der Waals surface area contributed by atoms with Crippen LogP contribution < -0.4 is 10.1 Å². The number of aliphatic hydroxyl groups excluding tert-OH is 1. The topological polar surface area (TPSA) is 58.6 Å². The molecule has 0 unspecified atom stereocenters. The van der Waals surface area contributed by atoms with E-state index in [4.69, 9.17) is 21.4 Å². The normalized spacial score (nSPS) is 10.1. The molecule has 0 aliphatic carbocycles. The summed E-state index contributed by atoms with van der Waals surface area (Å²) in [5, 5.41) is 11.8. The molecule has 0 saturated carbocycles. The molecule has 1 aromatic carbocycles. The van der Waals surface area contributed by atoms with Crippen molar-refractivity contribution in [3.63, 3.8) is 0 Å². The molecule has 0 fully saturated rings. The monoisotopic (exact) mass is 257 g/mol. The fourth-order valence-electron chi connectivity index (χ4n) is 1.40. The van der Waals surface area contributed by atoms with Crippen LogP contribution in [-0.2, 0) is 11.2 Å². The van der Waals surface area contributed by atoms with Crippen LogP contribution in [-0.4, -0.2) is 31.3 Å². The number of nitrogens with one attached hydrogen (secondary N) is 1. The van der Waals surface area contributed by atoms with E-state index in [1.165, 1.54) is 0 Å². The van der Waals surface area contributed by atoms with Gasteiger partial charge in [-0.15, -0.1) is 0 Å². The SMILES string of the molecule is COc1ccc(CCNC(=O)CCO)cc1Cl. The molecule has 94 valence electrons. The second kappa shape index (κ2) is 7.14. The summed E-state index contributed by atoms with van der Waals surface area (Å²) in [6.45, 7) is 0.404. The van der Waals surface area contributed by atoms with Crippen molar-refractivity contribution in [3.8, 4) is 5.75 Å². The zero-order chi connectivity index (χ0) is 12.7. The lowest BCUT2D eigenvalue weighted by Crippen LogP contribution is -2.26. The van der Waals surface area contributed by atoms with Crippen LogP contribution >= 0.6 is 11.6 Å². The van der Waals surface area contributed by atoms with Crippen molar-refractivity contribution in [2.75, 3.05) is 20.3 Å². The van der Waals surface area contributed by atoms with Gasteiger partial charge in [0.15, 0.2) is 0 Å². The lowest BCUT2D eigenvalue weighted by atomic mass is 10.1. The average molecular weight is 258 g/mol. The first-order valence-electron chi connectivity index (χ1n) is 5.37. The lowest BCUT2D eigenvalue weighted by molar-refractivity contribution is -0.121. The van der Waals surface area contributed by atoms with Crippen LogP contribution in [0.3, 0.4) is 0 Å². The van der Waals surface area contributed by atoms with Gasteiger partial charge in [-0.3, -0.25) is 4.79 Å². The van der Waals surface area contributed by atoms with E-state index in [0.29, 0.717) is 23.7 Å². The fraction of sp³-hybridized carbons (Fsp3) is 0.417. The number of methoxy groups -OCH3 is 1. The van der Waals surface area contributed by atoms with Gasteiger partial charge >= 0.3 is 0 Å². The molecule has 0 aliphatic rings. The summed E-state index contributed by atoms with van der Waals surface area (Å²) in [5.41, 5.74) is 1.03. The Balaban J connectivity index is 2.42. The van der Waals surface area contributed by atoms with Gasteiger partial charge in [0.2, 0.25) is 5.91 Å². The largest absolute Gasteiger partial charge is 0.495 e. The quantitative estimate of drug-likeness (QED) is 0.810. The third-order valence-electron chi connectivity index (χ3n) is 2.29. The molecule has 17 heavy (non-hydrogen) atoms. The third-order valence-corrected chi connectivity index (χ3v) is 2.59. The maximum atomic E-state index is 11.1. The summed E-state index contributed by atoms with van der Waals surface area (Å²) < 4.78 is 5.05. The Morgan fingerprint density at radius 2 is 2.29 bits per heavy atom. The molecular weight excluding hydrogens is 242 g/mol. The van der Waals surface area contributed by atoms with Gasteiger partial charge in [0.05, 0.1) is 18.7 Å². The Morgan fingerprint density at radius 1 is 1.53 bits per heavy atom. The Bertz CT molecular complexity index is 382. The maximum absolute atomic E-state index is 11.1. The van der Waals surface area contributed by atoms with Crippen molar-refractivity contribution in [2.45, 2.75) is 12.8 Å². The molecule has 2 N–H and O–H groups in total. The van der Waals surface area contributed by atoms with Gasteiger partial charge in [0.1, 0.15) is 5.75 Å². The predicted octanol–water partition coefficient (Wildman–Crippen LogP) is 1.39.